The van der Waals surface area contributed by atoms with Gasteiger partial charge in [-0.15, -0.1) is 0 Å². The van der Waals surface area contributed by atoms with Gasteiger partial charge in [-0.3, -0.25) is 10.1 Å². The lowest BCUT2D eigenvalue weighted by atomic mass is 10.1. The third kappa shape index (κ3) is 2.63. The van der Waals surface area contributed by atoms with E-state index >= 15 is 0 Å². The van der Waals surface area contributed by atoms with Gasteiger partial charge in [-0.1, -0.05) is 41.7 Å². The van der Waals surface area contributed by atoms with Gasteiger partial charge < -0.3 is 0 Å². The predicted octanol–water partition coefficient (Wildman–Crippen LogP) is 4.71. The highest BCUT2D eigenvalue weighted by Crippen LogP contribution is 2.28. The van der Waals surface area contributed by atoms with Crippen LogP contribution in [-0.4, -0.2) is 15.9 Å². The van der Waals surface area contributed by atoms with Crippen LogP contribution in [0.1, 0.15) is 21.6 Å². The molecule has 0 fully saturated rings. The molecule has 4 nitrogen and oxygen atoms in total. The van der Waals surface area contributed by atoms with E-state index in [1.165, 1.54) is 11.3 Å². The second kappa shape index (κ2) is 5.69. The van der Waals surface area contributed by atoms with Crippen LogP contribution in [0, 0.1) is 13.8 Å². The molecule has 5 heteroatoms. The number of fused-ring (bicyclic) bond motifs is 2. The molecule has 0 saturated heterocycles. The molecule has 24 heavy (non-hydrogen) atoms. The molecule has 0 radical (unpaired) electrons. The number of benzene rings is 2. The normalized spacial score (nSPS) is 11.1. The Kier molecular flexibility index (Phi) is 3.50. The Balaban J connectivity index is 1.66. The molecule has 0 unspecified atom stereocenters. The Morgan fingerprint density at radius 3 is 2.62 bits per heavy atom. The second-order valence-electron chi connectivity index (χ2n) is 5.77. The number of anilines is 1. The highest BCUT2D eigenvalue weighted by Gasteiger charge is 2.12. The minimum Gasteiger partial charge on any atom is -0.298 e. The molecule has 0 aliphatic heterocycles. The second-order valence-corrected chi connectivity index (χ2v) is 6.77. The fourth-order valence-corrected chi connectivity index (χ4v) is 3.65. The van der Waals surface area contributed by atoms with Gasteiger partial charge in [-0.2, -0.15) is 4.98 Å². The maximum absolute atomic E-state index is 12.5. The molecule has 4 aromatic rings. The molecule has 118 valence electrons. The van der Waals surface area contributed by atoms with Crippen LogP contribution in [0.3, 0.4) is 0 Å². The number of thiazole rings is 1. The first-order valence-corrected chi connectivity index (χ1v) is 8.47. The van der Waals surface area contributed by atoms with Gasteiger partial charge in [0.15, 0.2) is 10.8 Å². The van der Waals surface area contributed by atoms with Crippen LogP contribution in [-0.2, 0) is 0 Å². The van der Waals surface area contributed by atoms with Gasteiger partial charge in [-0.05, 0) is 48.4 Å². The predicted molar refractivity (Wildman–Crippen MR) is 98.8 cm³/mol. The van der Waals surface area contributed by atoms with E-state index in [4.69, 9.17) is 0 Å². The van der Waals surface area contributed by atoms with Gasteiger partial charge in [0.2, 0.25) is 0 Å². The minimum atomic E-state index is -0.158. The fraction of sp³-hybridized carbons (Fsp3) is 0.105. The van der Waals surface area contributed by atoms with Gasteiger partial charge in [0.1, 0.15) is 0 Å². The minimum absolute atomic E-state index is 0.158. The SMILES string of the molecule is Cc1cc(C)c2sc(NC(=O)c3ccc4ccccc4c3)nc2n1. The summed E-state index contributed by atoms with van der Waals surface area (Å²) in [6, 6.07) is 15.7. The maximum Gasteiger partial charge on any atom is 0.257 e. The van der Waals surface area contributed by atoms with Crippen molar-refractivity contribution in [2.45, 2.75) is 13.8 Å². The zero-order valence-corrected chi connectivity index (χ0v) is 14.1. The summed E-state index contributed by atoms with van der Waals surface area (Å²) in [6.45, 7) is 3.98. The Labute approximate surface area is 143 Å². The molecule has 0 atom stereocenters. The topological polar surface area (TPSA) is 54.9 Å². The van der Waals surface area contributed by atoms with E-state index in [1.807, 2.05) is 62.4 Å². The maximum atomic E-state index is 12.5. The lowest BCUT2D eigenvalue weighted by molar-refractivity contribution is 0.102. The fourth-order valence-electron chi connectivity index (χ4n) is 2.78. The van der Waals surface area contributed by atoms with Crippen molar-refractivity contribution < 1.29 is 4.79 Å². The van der Waals surface area contributed by atoms with Crippen molar-refractivity contribution in [2.75, 3.05) is 5.32 Å². The first kappa shape index (κ1) is 14.8. The van der Waals surface area contributed by atoms with Crippen molar-refractivity contribution in [3.63, 3.8) is 0 Å². The van der Waals surface area contributed by atoms with Gasteiger partial charge in [0.25, 0.3) is 5.91 Å². The van der Waals surface area contributed by atoms with E-state index in [1.54, 1.807) is 0 Å². The Morgan fingerprint density at radius 1 is 1.00 bits per heavy atom. The van der Waals surface area contributed by atoms with Crippen LogP contribution >= 0.6 is 11.3 Å². The molecule has 0 bridgehead atoms. The Bertz CT molecular complexity index is 1080. The van der Waals surface area contributed by atoms with E-state index in [0.717, 1.165) is 26.7 Å². The Morgan fingerprint density at radius 2 is 1.79 bits per heavy atom. The van der Waals surface area contributed by atoms with Crippen LogP contribution in [0.2, 0.25) is 0 Å². The van der Waals surface area contributed by atoms with Crippen LogP contribution in [0.5, 0.6) is 0 Å². The molecule has 2 heterocycles. The van der Waals surface area contributed by atoms with Crippen molar-refractivity contribution >= 4 is 43.5 Å². The van der Waals surface area contributed by atoms with Gasteiger partial charge in [0.05, 0.1) is 4.70 Å². The van der Waals surface area contributed by atoms with E-state index in [-0.39, 0.29) is 5.91 Å². The number of nitrogens with zero attached hydrogens (tertiary/aromatic N) is 2. The molecular formula is C19H15N3OS. The average Bonchev–Trinajstić information content (AvgIpc) is 2.97. The highest BCUT2D eigenvalue weighted by atomic mass is 32.1. The third-order valence-corrected chi connectivity index (χ3v) is 5.00. The van der Waals surface area contributed by atoms with Crippen molar-refractivity contribution in [1.29, 1.82) is 0 Å². The Hall–Kier alpha value is -2.79. The molecule has 0 saturated carbocycles. The zero-order valence-electron chi connectivity index (χ0n) is 13.3. The van der Waals surface area contributed by atoms with Crippen molar-refractivity contribution in [2.24, 2.45) is 0 Å². The molecule has 2 aromatic carbocycles. The first-order chi connectivity index (χ1) is 11.6. The number of aryl methyl sites for hydroxylation is 2. The molecule has 0 spiro atoms. The zero-order chi connectivity index (χ0) is 16.7. The summed E-state index contributed by atoms with van der Waals surface area (Å²) in [5.41, 5.74) is 3.36. The number of nitrogens with one attached hydrogen (secondary N) is 1. The van der Waals surface area contributed by atoms with Gasteiger partial charge >= 0.3 is 0 Å². The van der Waals surface area contributed by atoms with Crippen LogP contribution in [0.15, 0.2) is 48.5 Å². The lowest BCUT2D eigenvalue weighted by Gasteiger charge is -2.03. The average molecular weight is 333 g/mol. The van der Waals surface area contributed by atoms with Gasteiger partial charge in [-0.25, -0.2) is 4.98 Å². The summed E-state index contributed by atoms with van der Waals surface area (Å²) < 4.78 is 1.01. The monoisotopic (exact) mass is 333 g/mol. The molecule has 2 aromatic heterocycles. The van der Waals surface area contributed by atoms with E-state index < -0.39 is 0 Å². The van der Waals surface area contributed by atoms with Crippen LogP contribution < -0.4 is 5.32 Å². The highest BCUT2D eigenvalue weighted by molar-refractivity contribution is 7.22. The first-order valence-electron chi connectivity index (χ1n) is 7.65. The number of hydrogen-bond donors (Lipinski definition) is 1. The van der Waals surface area contributed by atoms with E-state index in [0.29, 0.717) is 16.3 Å². The number of aromatic nitrogens is 2. The number of carbonyl (C=O) groups excluding carboxylic acids is 1. The van der Waals surface area contributed by atoms with Crippen molar-refractivity contribution in [3.05, 3.63) is 65.4 Å². The van der Waals surface area contributed by atoms with Crippen molar-refractivity contribution in [3.8, 4) is 0 Å². The number of carbonyl (C=O) groups is 1. The molecule has 0 aliphatic carbocycles. The number of hydrogen-bond acceptors (Lipinski definition) is 4. The molecular weight excluding hydrogens is 318 g/mol. The van der Waals surface area contributed by atoms with Crippen LogP contribution in [0.4, 0.5) is 5.13 Å². The van der Waals surface area contributed by atoms with Crippen molar-refractivity contribution in [1.82, 2.24) is 9.97 Å². The summed E-state index contributed by atoms with van der Waals surface area (Å²) >= 11 is 1.45. The number of pyridine rings is 1. The smallest absolute Gasteiger partial charge is 0.257 e. The van der Waals surface area contributed by atoms with Gasteiger partial charge in [0, 0.05) is 11.3 Å². The van der Waals surface area contributed by atoms with Crippen LogP contribution in [0.25, 0.3) is 21.1 Å². The summed E-state index contributed by atoms with van der Waals surface area (Å²) in [5, 5.41) is 5.62. The lowest BCUT2D eigenvalue weighted by Crippen LogP contribution is -2.11. The quantitative estimate of drug-likeness (QED) is 0.578. The third-order valence-electron chi connectivity index (χ3n) is 3.91. The number of rotatable bonds is 2. The largest absolute Gasteiger partial charge is 0.298 e. The van der Waals surface area contributed by atoms with E-state index in [9.17, 15) is 4.79 Å². The standard InChI is InChI=1S/C19H15N3OS/c1-11-9-12(2)20-17-16(11)24-19(21-17)22-18(23)15-8-7-13-5-3-4-6-14(13)10-15/h3-10H,1-2H3,(H,20,21,22,23). The molecule has 1 amide bonds. The number of amides is 1. The molecule has 1 N–H and O–H groups in total. The van der Waals surface area contributed by atoms with E-state index in [2.05, 4.69) is 15.3 Å². The summed E-state index contributed by atoms with van der Waals surface area (Å²) in [7, 11) is 0. The summed E-state index contributed by atoms with van der Waals surface area (Å²) in [4.78, 5) is 21.4. The molecule has 0 aliphatic rings. The summed E-state index contributed by atoms with van der Waals surface area (Å²) in [5.74, 6) is -0.158. The summed E-state index contributed by atoms with van der Waals surface area (Å²) in [6.07, 6.45) is 0. The molecule has 4 rings (SSSR count).